The molecule has 1 unspecified atom stereocenters. The zero-order valence-corrected chi connectivity index (χ0v) is 11.7. The van der Waals surface area contributed by atoms with E-state index >= 15 is 0 Å². The van der Waals surface area contributed by atoms with Crippen molar-refractivity contribution in [1.82, 2.24) is 10.2 Å². The first-order valence-electron chi connectivity index (χ1n) is 6.91. The minimum atomic E-state index is -0.190. The second kappa shape index (κ2) is 6.68. The number of hydrogen-bond donors (Lipinski definition) is 1. The summed E-state index contributed by atoms with van der Waals surface area (Å²) in [5, 5.41) is 3.32. The van der Waals surface area contributed by atoms with Gasteiger partial charge in [0.2, 0.25) is 0 Å². The molecule has 1 aromatic carbocycles. The van der Waals surface area contributed by atoms with E-state index in [1.807, 2.05) is 31.2 Å². The van der Waals surface area contributed by atoms with Gasteiger partial charge in [0, 0.05) is 31.7 Å². The summed E-state index contributed by atoms with van der Waals surface area (Å²) in [5.74, 6) is 0.998. The fourth-order valence-electron chi connectivity index (χ4n) is 2.61. The van der Waals surface area contributed by atoms with Gasteiger partial charge in [-0.25, -0.2) is 0 Å². The van der Waals surface area contributed by atoms with Gasteiger partial charge in [0.15, 0.2) is 5.78 Å². The number of nitrogens with one attached hydrogen (secondary N) is 1. The fraction of sp³-hybridized carbons (Fsp3) is 0.533. The van der Waals surface area contributed by atoms with Gasteiger partial charge in [-0.15, -0.1) is 0 Å². The first-order valence-corrected chi connectivity index (χ1v) is 6.91. The molecular formula is C15H22N2O2. The molecule has 0 bridgehead atoms. The molecule has 1 N–H and O–H groups in total. The van der Waals surface area contributed by atoms with Gasteiger partial charge in [0.1, 0.15) is 5.75 Å². The summed E-state index contributed by atoms with van der Waals surface area (Å²) in [6.07, 6.45) is 0. The zero-order chi connectivity index (χ0) is 13.7. The van der Waals surface area contributed by atoms with Gasteiger partial charge in [-0.2, -0.15) is 0 Å². The first-order chi connectivity index (χ1) is 9.24. The van der Waals surface area contributed by atoms with E-state index in [9.17, 15) is 4.79 Å². The van der Waals surface area contributed by atoms with Crippen LogP contribution >= 0.6 is 0 Å². The predicted octanol–water partition coefficient (Wildman–Crippen LogP) is 1.62. The van der Waals surface area contributed by atoms with E-state index < -0.39 is 0 Å². The number of benzene rings is 1. The van der Waals surface area contributed by atoms with Crippen molar-refractivity contribution in [3.8, 4) is 5.75 Å². The van der Waals surface area contributed by atoms with E-state index in [2.05, 4.69) is 10.2 Å². The average Bonchev–Trinajstić information content (AvgIpc) is 2.42. The lowest BCUT2D eigenvalue weighted by Crippen LogP contribution is -2.46. The average molecular weight is 262 g/mol. The molecule has 4 heteroatoms. The molecule has 0 aliphatic carbocycles. The van der Waals surface area contributed by atoms with Crippen molar-refractivity contribution in [3.05, 3.63) is 29.8 Å². The second-order valence-corrected chi connectivity index (χ2v) is 4.77. The Hall–Kier alpha value is -1.39. The third-order valence-electron chi connectivity index (χ3n) is 3.42. The Kier molecular flexibility index (Phi) is 4.93. The van der Waals surface area contributed by atoms with Crippen LogP contribution in [0.3, 0.4) is 0 Å². The van der Waals surface area contributed by atoms with Crippen LogP contribution in [0.5, 0.6) is 5.75 Å². The van der Waals surface area contributed by atoms with Crippen LogP contribution in [0, 0.1) is 0 Å². The second-order valence-electron chi connectivity index (χ2n) is 4.77. The van der Waals surface area contributed by atoms with E-state index in [-0.39, 0.29) is 11.8 Å². The Balaban J connectivity index is 2.30. The largest absolute Gasteiger partial charge is 0.494 e. The summed E-state index contributed by atoms with van der Waals surface area (Å²) in [5.41, 5.74) is 0.985. The fourth-order valence-corrected chi connectivity index (χ4v) is 2.61. The minimum absolute atomic E-state index is 0.175. The highest BCUT2D eigenvalue weighted by Crippen LogP contribution is 2.30. The Morgan fingerprint density at radius 3 is 2.68 bits per heavy atom. The van der Waals surface area contributed by atoms with Crippen molar-refractivity contribution < 1.29 is 9.53 Å². The van der Waals surface area contributed by atoms with Gasteiger partial charge < -0.3 is 10.1 Å². The molecule has 0 aromatic heterocycles. The molecule has 1 fully saturated rings. The molecule has 19 heavy (non-hydrogen) atoms. The summed E-state index contributed by atoms with van der Waals surface area (Å²) >= 11 is 0. The van der Waals surface area contributed by atoms with Gasteiger partial charge >= 0.3 is 0 Å². The zero-order valence-electron chi connectivity index (χ0n) is 11.7. The summed E-state index contributed by atoms with van der Waals surface area (Å²) < 4.78 is 5.66. The third kappa shape index (κ3) is 3.33. The van der Waals surface area contributed by atoms with Crippen LogP contribution in [-0.4, -0.2) is 43.5 Å². The molecule has 4 nitrogen and oxygen atoms in total. The maximum Gasteiger partial charge on any atom is 0.151 e. The summed E-state index contributed by atoms with van der Waals surface area (Å²) in [6, 6.07) is 7.67. The quantitative estimate of drug-likeness (QED) is 0.875. The number of nitrogens with zero attached hydrogens (tertiary/aromatic N) is 1. The van der Waals surface area contributed by atoms with E-state index in [1.165, 1.54) is 0 Å². The lowest BCUT2D eigenvalue weighted by atomic mass is 10.00. The normalized spacial score (nSPS) is 18.0. The van der Waals surface area contributed by atoms with E-state index in [0.717, 1.165) is 37.5 Å². The highest BCUT2D eigenvalue weighted by atomic mass is 16.5. The van der Waals surface area contributed by atoms with Gasteiger partial charge in [-0.1, -0.05) is 18.2 Å². The van der Waals surface area contributed by atoms with Gasteiger partial charge in [0.05, 0.1) is 12.6 Å². The standard InChI is InChI=1S/C15H22N2O2/c1-3-19-14-7-5-4-6-13(14)15(12(2)18)17-10-8-16-9-11-17/h4-7,15-16H,3,8-11H2,1-2H3. The minimum Gasteiger partial charge on any atom is -0.494 e. The maximum absolute atomic E-state index is 12.1. The summed E-state index contributed by atoms with van der Waals surface area (Å²) in [7, 11) is 0. The van der Waals surface area contributed by atoms with Crippen LogP contribution in [0.2, 0.25) is 0 Å². The monoisotopic (exact) mass is 262 g/mol. The van der Waals surface area contributed by atoms with Crippen LogP contribution < -0.4 is 10.1 Å². The molecule has 2 rings (SSSR count). The number of para-hydroxylation sites is 1. The smallest absolute Gasteiger partial charge is 0.151 e. The van der Waals surface area contributed by atoms with Crippen molar-refractivity contribution in [1.29, 1.82) is 0 Å². The molecule has 1 atom stereocenters. The van der Waals surface area contributed by atoms with Gasteiger partial charge in [-0.05, 0) is 19.9 Å². The number of hydrogen-bond acceptors (Lipinski definition) is 4. The highest BCUT2D eigenvalue weighted by Gasteiger charge is 2.28. The third-order valence-corrected chi connectivity index (χ3v) is 3.42. The number of carbonyl (C=O) groups excluding carboxylic acids is 1. The molecule has 1 aromatic rings. The van der Waals surface area contributed by atoms with E-state index in [0.29, 0.717) is 6.61 Å². The summed E-state index contributed by atoms with van der Waals surface area (Å²) in [6.45, 7) is 7.89. The van der Waals surface area contributed by atoms with Gasteiger partial charge in [0.25, 0.3) is 0 Å². The number of carbonyl (C=O) groups is 1. The van der Waals surface area contributed by atoms with Crippen LogP contribution in [0.25, 0.3) is 0 Å². The van der Waals surface area contributed by atoms with Gasteiger partial charge in [-0.3, -0.25) is 9.69 Å². The molecule has 1 heterocycles. The highest BCUT2D eigenvalue weighted by molar-refractivity contribution is 5.83. The lowest BCUT2D eigenvalue weighted by molar-refractivity contribution is -0.122. The SMILES string of the molecule is CCOc1ccccc1C(C(C)=O)N1CCNCC1. The van der Waals surface area contributed by atoms with E-state index in [4.69, 9.17) is 4.74 Å². The van der Waals surface area contributed by atoms with Crippen molar-refractivity contribution in [2.24, 2.45) is 0 Å². The number of Topliss-reactive ketones (excluding diaryl/α,β-unsaturated/α-hetero) is 1. The predicted molar refractivity (Wildman–Crippen MR) is 75.5 cm³/mol. The van der Waals surface area contributed by atoms with Crippen LogP contribution in [0.1, 0.15) is 25.5 Å². The molecule has 1 aliphatic heterocycles. The Morgan fingerprint density at radius 1 is 1.37 bits per heavy atom. The molecule has 1 saturated heterocycles. The molecule has 1 aliphatic rings. The molecular weight excluding hydrogens is 240 g/mol. The number of ether oxygens (including phenoxy) is 1. The van der Waals surface area contributed by atoms with Crippen molar-refractivity contribution in [2.45, 2.75) is 19.9 Å². The Morgan fingerprint density at radius 2 is 2.05 bits per heavy atom. The Bertz CT molecular complexity index is 428. The molecule has 0 spiro atoms. The summed E-state index contributed by atoms with van der Waals surface area (Å²) in [4.78, 5) is 14.3. The van der Waals surface area contributed by atoms with Crippen LogP contribution in [0.4, 0.5) is 0 Å². The Labute approximate surface area is 114 Å². The lowest BCUT2D eigenvalue weighted by Gasteiger charge is -2.34. The molecule has 0 saturated carbocycles. The van der Waals surface area contributed by atoms with E-state index in [1.54, 1.807) is 6.92 Å². The number of ketones is 1. The van der Waals surface area contributed by atoms with Crippen LogP contribution in [-0.2, 0) is 4.79 Å². The first kappa shape index (κ1) is 14.0. The number of rotatable bonds is 5. The van der Waals surface area contributed by atoms with Crippen molar-refractivity contribution in [2.75, 3.05) is 32.8 Å². The molecule has 0 amide bonds. The van der Waals surface area contributed by atoms with Crippen LogP contribution in [0.15, 0.2) is 24.3 Å². The molecule has 0 radical (unpaired) electrons. The van der Waals surface area contributed by atoms with Crippen molar-refractivity contribution >= 4 is 5.78 Å². The number of piperazine rings is 1. The maximum atomic E-state index is 12.1. The molecule has 104 valence electrons. The van der Waals surface area contributed by atoms with Crippen molar-refractivity contribution in [3.63, 3.8) is 0 Å². The topological polar surface area (TPSA) is 41.6 Å².